The summed E-state index contributed by atoms with van der Waals surface area (Å²) in [5.74, 6) is -0.727. The summed E-state index contributed by atoms with van der Waals surface area (Å²) < 4.78 is 10.0. The van der Waals surface area contributed by atoms with E-state index in [-0.39, 0.29) is 24.4 Å². The molecular formula is C11H20O4. The van der Waals surface area contributed by atoms with Gasteiger partial charge in [0.25, 0.3) is 0 Å². The van der Waals surface area contributed by atoms with Crippen LogP contribution in [0.5, 0.6) is 0 Å². The Balaban J connectivity index is 3.80. The van der Waals surface area contributed by atoms with Gasteiger partial charge in [-0.1, -0.05) is 6.92 Å². The molecule has 0 unspecified atom stereocenters. The number of rotatable bonds is 7. The van der Waals surface area contributed by atoms with Crippen molar-refractivity contribution in [3.8, 4) is 0 Å². The smallest absolute Gasteiger partial charge is 0.313 e. The first-order chi connectivity index (χ1) is 6.91. The molecule has 0 amide bonds. The fourth-order valence-electron chi connectivity index (χ4n) is 0.802. The molecular weight excluding hydrogens is 196 g/mol. The van der Waals surface area contributed by atoms with Gasteiger partial charge in [-0.3, -0.25) is 9.59 Å². The van der Waals surface area contributed by atoms with E-state index >= 15 is 0 Å². The summed E-state index contributed by atoms with van der Waals surface area (Å²) in [7, 11) is 0. The van der Waals surface area contributed by atoms with Crippen molar-refractivity contribution in [3.63, 3.8) is 0 Å². The molecule has 4 heteroatoms. The number of carbonyl (C=O) groups excluding carboxylic acids is 2. The first kappa shape index (κ1) is 14.1. The molecule has 0 aliphatic carbocycles. The molecule has 0 heterocycles. The lowest BCUT2D eigenvalue weighted by molar-refractivity contribution is -0.147. The lowest BCUT2D eigenvalue weighted by atomic mass is 10.1. The fourth-order valence-corrected chi connectivity index (χ4v) is 0.802. The molecule has 0 atom stereocenters. The Hall–Kier alpha value is -0.900. The summed E-state index contributed by atoms with van der Waals surface area (Å²) in [5.41, 5.74) is -0.315. The van der Waals surface area contributed by atoms with Gasteiger partial charge in [0.05, 0.1) is 12.2 Å². The van der Waals surface area contributed by atoms with E-state index in [9.17, 15) is 9.59 Å². The number of ketones is 1. The molecule has 0 spiro atoms. The minimum Gasteiger partial charge on any atom is -0.466 e. The van der Waals surface area contributed by atoms with Crippen molar-refractivity contribution in [1.29, 1.82) is 0 Å². The number of ether oxygens (including phenoxy) is 2. The van der Waals surface area contributed by atoms with E-state index in [1.807, 2.05) is 20.8 Å². The fraction of sp³-hybridized carbons (Fsp3) is 0.818. The first-order valence-corrected chi connectivity index (χ1v) is 5.22. The van der Waals surface area contributed by atoms with Crippen LogP contribution in [0, 0.1) is 0 Å². The van der Waals surface area contributed by atoms with Gasteiger partial charge in [0, 0.05) is 0 Å². The highest BCUT2D eigenvalue weighted by Gasteiger charge is 2.18. The van der Waals surface area contributed by atoms with Gasteiger partial charge in [-0.2, -0.15) is 0 Å². The summed E-state index contributed by atoms with van der Waals surface area (Å²) in [4.78, 5) is 22.2. The van der Waals surface area contributed by atoms with Crippen molar-refractivity contribution >= 4 is 11.8 Å². The second kappa shape index (κ2) is 6.56. The van der Waals surface area contributed by atoms with Crippen molar-refractivity contribution in [1.82, 2.24) is 0 Å². The molecule has 88 valence electrons. The van der Waals surface area contributed by atoms with Crippen molar-refractivity contribution in [2.75, 3.05) is 13.2 Å². The standard InChI is InChI=1S/C11H20O4/c1-5-11(3,4)15-8-9(12)7-10(13)14-6-2/h5-8H2,1-4H3. The lowest BCUT2D eigenvalue weighted by Crippen LogP contribution is -2.27. The third-order valence-corrected chi connectivity index (χ3v) is 2.12. The molecule has 0 rings (SSSR count). The molecule has 0 bridgehead atoms. The quantitative estimate of drug-likeness (QED) is 0.480. The summed E-state index contributed by atoms with van der Waals surface area (Å²) in [6, 6.07) is 0. The van der Waals surface area contributed by atoms with Crippen LogP contribution in [0.4, 0.5) is 0 Å². The molecule has 0 aliphatic rings. The van der Waals surface area contributed by atoms with Crippen LogP contribution in [0.3, 0.4) is 0 Å². The van der Waals surface area contributed by atoms with Crippen LogP contribution in [0.15, 0.2) is 0 Å². The highest BCUT2D eigenvalue weighted by Crippen LogP contribution is 2.13. The maximum Gasteiger partial charge on any atom is 0.313 e. The second-order valence-electron chi connectivity index (χ2n) is 3.92. The zero-order valence-corrected chi connectivity index (χ0v) is 9.96. The van der Waals surface area contributed by atoms with Crippen molar-refractivity contribution in [3.05, 3.63) is 0 Å². The highest BCUT2D eigenvalue weighted by atomic mass is 16.5. The maximum absolute atomic E-state index is 11.3. The number of hydrogen-bond acceptors (Lipinski definition) is 4. The zero-order chi connectivity index (χ0) is 11.9. The monoisotopic (exact) mass is 216 g/mol. The van der Waals surface area contributed by atoms with Crippen LogP contribution < -0.4 is 0 Å². The van der Waals surface area contributed by atoms with Gasteiger partial charge in [0.2, 0.25) is 0 Å². The van der Waals surface area contributed by atoms with Gasteiger partial charge in [-0.25, -0.2) is 0 Å². The van der Waals surface area contributed by atoms with Crippen LogP contribution in [0.2, 0.25) is 0 Å². The van der Waals surface area contributed by atoms with Gasteiger partial charge in [-0.15, -0.1) is 0 Å². The molecule has 4 nitrogen and oxygen atoms in total. The molecule has 0 radical (unpaired) electrons. The molecule has 0 N–H and O–H groups in total. The lowest BCUT2D eigenvalue weighted by Gasteiger charge is -2.22. The third-order valence-electron chi connectivity index (χ3n) is 2.12. The summed E-state index contributed by atoms with van der Waals surface area (Å²) >= 11 is 0. The van der Waals surface area contributed by atoms with E-state index in [2.05, 4.69) is 4.74 Å². The highest BCUT2D eigenvalue weighted by molar-refractivity contribution is 5.96. The molecule has 0 fully saturated rings. The SMILES string of the molecule is CCOC(=O)CC(=O)COC(C)(C)CC. The topological polar surface area (TPSA) is 52.6 Å². The Morgan fingerprint density at radius 1 is 1.20 bits per heavy atom. The number of Topliss-reactive ketones (excluding diaryl/α,β-unsaturated/α-hetero) is 1. The predicted molar refractivity (Wildman–Crippen MR) is 56.6 cm³/mol. The van der Waals surface area contributed by atoms with Gasteiger partial charge in [0.1, 0.15) is 13.0 Å². The van der Waals surface area contributed by atoms with E-state index in [1.54, 1.807) is 6.92 Å². The average molecular weight is 216 g/mol. The Kier molecular flexibility index (Phi) is 6.17. The van der Waals surface area contributed by atoms with Gasteiger partial charge in [-0.05, 0) is 27.2 Å². The van der Waals surface area contributed by atoms with Crippen molar-refractivity contribution in [2.45, 2.75) is 46.1 Å². The Morgan fingerprint density at radius 3 is 2.27 bits per heavy atom. The number of esters is 1. The van der Waals surface area contributed by atoms with Crippen molar-refractivity contribution < 1.29 is 19.1 Å². The van der Waals surface area contributed by atoms with E-state index in [1.165, 1.54) is 0 Å². The molecule has 0 aromatic carbocycles. The summed E-state index contributed by atoms with van der Waals surface area (Å²) in [6.45, 7) is 7.78. The third kappa shape index (κ3) is 7.08. The normalized spacial score (nSPS) is 11.2. The largest absolute Gasteiger partial charge is 0.466 e. The first-order valence-electron chi connectivity index (χ1n) is 5.22. The van der Waals surface area contributed by atoms with Gasteiger partial charge in [0.15, 0.2) is 5.78 Å². The van der Waals surface area contributed by atoms with Gasteiger partial charge >= 0.3 is 5.97 Å². The number of hydrogen-bond donors (Lipinski definition) is 0. The molecule has 0 saturated heterocycles. The minimum atomic E-state index is -0.486. The molecule has 0 saturated carbocycles. The van der Waals surface area contributed by atoms with Gasteiger partial charge < -0.3 is 9.47 Å². The second-order valence-corrected chi connectivity index (χ2v) is 3.92. The Morgan fingerprint density at radius 2 is 1.80 bits per heavy atom. The minimum absolute atomic E-state index is 0.0281. The van der Waals surface area contributed by atoms with Crippen LogP contribution in [-0.4, -0.2) is 30.6 Å². The Labute approximate surface area is 90.9 Å². The summed E-state index contributed by atoms with van der Waals surface area (Å²) in [5, 5.41) is 0. The Bertz CT molecular complexity index is 221. The van der Waals surface area contributed by atoms with Crippen LogP contribution in [0.25, 0.3) is 0 Å². The van der Waals surface area contributed by atoms with Crippen LogP contribution >= 0.6 is 0 Å². The van der Waals surface area contributed by atoms with E-state index < -0.39 is 5.97 Å². The predicted octanol–water partition coefficient (Wildman–Crippen LogP) is 1.71. The molecule has 0 aromatic heterocycles. The number of carbonyl (C=O) groups is 2. The average Bonchev–Trinajstić information content (AvgIpc) is 2.15. The van der Waals surface area contributed by atoms with E-state index in [4.69, 9.17) is 4.74 Å². The zero-order valence-electron chi connectivity index (χ0n) is 9.96. The summed E-state index contributed by atoms with van der Waals surface area (Å²) in [6.07, 6.45) is 0.618. The molecule has 15 heavy (non-hydrogen) atoms. The van der Waals surface area contributed by atoms with Crippen molar-refractivity contribution in [2.24, 2.45) is 0 Å². The van der Waals surface area contributed by atoms with Crippen LogP contribution in [0.1, 0.15) is 40.5 Å². The molecule has 0 aromatic rings. The van der Waals surface area contributed by atoms with Crippen LogP contribution in [-0.2, 0) is 19.1 Å². The van der Waals surface area contributed by atoms with E-state index in [0.717, 1.165) is 6.42 Å². The van der Waals surface area contributed by atoms with E-state index in [0.29, 0.717) is 6.61 Å². The maximum atomic E-state index is 11.3. The molecule has 0 aliphatic heterocycles.